The van der Waals surface area contributed by atoms with Crippen molar-refractivity contribution in [3.8, 4) is 5.75 Å². The molecule has 94 valence electrons. The molecule has 1 saturated heterocycles. The van der Waals surface area contributed by atoms with Crippen LogP contribution in [-0.4, -0.2) is 44.8 Å². The molecule has 0 saturated carbocycles. The van der Waals surface area contributed by atoms with Gasteiger partial charge in [-0.3, -0.25) is 4.90 Å². The van der Waals surface area contributed by atoms with Gasteiger partial charge in [-0.2, -0.15) is 0 Å². The second-order valence-electron chi connectivity index (χ2n) is 4.19. The summed E-state index contributed by atoms with van der Waals surface area (Å²) in [5.41, 5.74) is 6.71. The summed E-state index contributed by atoms with van der Waals surface area (Å²) < 4.78 is 11.2. The zero-order valence-electron chi connectivity index (χ0n) is 10.3. The third-order valence-corrected chi connectivity index (χ3v) is 3.08. The lowest BCUT2D eigenvalue weighted by molar-refractivity contribution is -0.0298. The van der Waals surface area contributed by atoms with Gasteiger partial charge in [-0.05, 0) is 6.07 Å². The Hall–Kier alpha value is -1.10. The quantitative estimate of drug-likeness (QED) is 0.848. The van der Waals surface area contributed by atoms with Gasteiger partial charge in [0.15, 0.2) is 0 Å². The van der Waals surface area contributed by atoms with Crippen LogP contribution in [0.5, 0.6) is 5.75 Å². The van der Waals surface area contributed by atoms with E-state index in [1.54, 1.807) is 7.11 Å². The van der Waals surface area contributed by atoms with Gasteiger partial charge in [0.2, 0.25) is 0 Å². The van der Waals surface area contributed by atoms with Gasteiger partial charge in [0, 0.05) is 31.7 Å². The average Bonchev–Trinajstić information content (AvgIpc) is 2.39. The van der Waals surface area contributed by atoms with E-state index >= 15 is 0 Å². The number of benzene rings is 1. The van der Waals surface area contributed by atoms with Crippen molar-refractivity contribution in [2.45, 2.75) is 6.10 Å². The molecule has 1 aromatic carbocycles. The SMILES string of the molecule is COc1ccccc1C1CN(CCN)CCO1. The molecule has 1 fully saturated rings. The Labute approximate surface area is 102 Å². The summed E-state index contributed by atoms with van der Waals surface area (Å²) in [6, 6.07) is 8.03. The first-order valence-electron chi connectivity index (χ1n) is 6.02. The minimum absolute atomic E-state index is 0.0893. The van der Waals surface area contributed by atoms with Gasteiger partial charge in [0.25, 0.3) is 0 Å². The summed E-state index contributed by atoms with van der Waals surface area (Å²) in [5.74, 6) is 0.895. The highest BCUT2D eigenvalue weighted by molar-refractivity contribution is 5.35. The monoisotopic (exact) mass is 236 g/mol. The molecular weight excluding hydrogens is 216 g/mol. The first-order chi connectivity index (χ1) is 8.35. The van der Waals surface area contributed by atoms with Crippen LogP contribution in [0.3, 0.4) is 0 Å². The van der Waals surface area contributed by atoms with Gasteiger partial charge in [-0.1, -0.05) is 18.2 Å². The highest BCUT2D eigenvalue weighted by Gasteiger charge is 2.23. The number of hydrogen-bond donors (Lipinski definition) is 1. The molecule has 1 aromatic rings. The van der Waals surface area contributed by atoms with E-state index in [4.69, 9.17) is 15.2 Å². The lowest BCUT2D eigenvalue weighted by Crippen LogP contribution is -2.40. The van der Waals surface area contributed by atoms with E-state index in [0.29, 0.717) is 6.54 Å². The van der Waals surface area contributed by atoms with Crippen LogP contribution in [-0.2, 0) is 4.74 Å². The van der Waals surface area contributed by atoms with Crippen molar-refractivity contribution in [3.05, 3.63) is 29.8 Å². The fourth-order valence-electron chi connectivity index (χ4n) is 2.21. The molecule has 1 atom stereocenters. The molecule has 1 unspecified atom stereocenters. The number of methoxy groups -OCH3 is 1. The molecule has 0 spiro atoms. The third-order valence-electron chi connectivity index (χ3n) is 3.08. The standard InChI is InChI=1S/C13H20N2O2/c1-16-12-5-3-2-4-11(12)13-10-15(7-6-14)8-9-17-13/h2-5,13H,6-10,14H2,1H3. The Morgan fingerprint density at radius 1 is 1.47 bits per heavy atom. The lowest BCUT2D eigenvalue weighted by Gasteiger charge is -2.33. The zero-order chi connectivity index (χ0) is 12.1. The van der Waals surface area contributed by atoms with Gasteiger partial charge in [0.05, 0.1) is 19.8 Å². The molecule has 1 heterocycles. The minimum Gasteiger partial charge on any atom is -0.496 e. The van der Waals surface area contributed by atoms with Gasteiger partial charge in [-0.25, -0.2) is 0 Å². The Morgan fingerprint density at radius 2 is 2.29 bits per heavy atom. The van der Waals surface area contributed by atoms with Crippen LogP contribution in [0.15, 0.2) is 24.3 Å². The normalized spacial score (nSPS) is 21.4. The van der Waals surface area contributed by atoms with Crippen molar-refractivity contribution in [2.24, 2.45) is 5.73 Å². The van der Waals surface area contributed by atoms with Crippen LogP contribution in [0, 0.1) is 0 Å². The summed E-state index contributed by atoms with van der Waals surface area (Å²) in [6.45, 7) is 4.22. The molecule has 0 aliphatic carbocycles. The van der Waals surface area contributed by atoms with Crippen molar-refractivity contribution >= 4 is 0 Å². The average molecular weight is 236 g/mol. The molecule has 0 radical (unpaired) electrons. The number of para-hydroxylation sites is 1. The number of hydrogen-bond acceptors (Lipinski definition) is 4. The van der Waals surface area contributed by atoms with Crippen LogP contribution < -0.4 is 10.5 Å². The van der Waals surface area contributed by atoms with Crippen molar-refractivity contribution in [1.82, 2.24) is 4.90 Å². The molecule has 4 heteroatoms. The maximum Gasteiger partial charge on any atom is 0.124 e. The number of rotatable bonds is 4. The van der Waals surface area contributed by atoms with Gasteiger partial charge in [0.1, 0.15) is 5.75 Å². The predicted molar refractivity (Wildman–Crippen MR) is 67.2 cm³/mol. The van der Waals surface area contributed by atoms with Crippen LogP contribution in [0.4, 0.5) is 0 Å². The van der Waals surface area contributed by atoms with E-state index in [9.17, 15) is 0 Å². The molecule has 0 aromatic heterocycles. The fraction of sp³-hybridized carbons (Fsp3) is 0.538. The first kappa shape index (κ1) is 12.4. The van der Waals surface area contributed by atoms with Gasteiger partial charge < -0.3 is 15.2 Å². The molecule has 0 amide bonds. The van der Waals surface area contributed by atoms with E-state index in [1.807, 2.05) is 18.2 Å². The summed E-state index contributed by atoms with van der Waals surface area (Å²) in [4.78, 5) is 2.33. The second-order valence-corrected chi connectivity index (χ2v) is 4.19. The summed E-state index contributed by atoms with van der Waals surface area (Å²) in [5, 5.41) is 0. The van der Waals surface area contributed by atoms with E-state index in [1.165, 1.54) is 0 Å². The van der Waals surface area contributed by atoms with Gasteiger partial charge >= 0.3 is 0 Å². The highest BCUT2D eigenvalue weighted by atomic mass is 16.5. The lowest BCUT2D eigenvalue weighted by atomic mass is 10.1. The second kappa shape index (κ2) is 6.00. The minimum atomic E-state index is 0.0893. The molecule has 2 rings (SSSR count). The zero-order valence-corrected chi connectivity index (χ0v) is 10.3. The van der Waals surface area contributed by atoms with Crippen LogP contribution >= 0.6 is 0 Å². The van der Waals surface area contributed by atoms with E-state index in [0.717, 1.165) is 37.6 Å². The number of nitrogens with zero attached hydrogens (tertiary/aromatic N) is 1. The summed E-state index contributed by atoms with van der Waals surface area (Å²) in [7, 11) is 1.69. The molecule has 1 aliphatic rings. The topological polar surface area (TPSA) is 47.7 Å². The first-order valence-corrected chi connectivity index (χ1v) is 6.02. The molecular formula is C13H20N2O2. The largest absolute Gasteiger partial charge is 0.496 e. The van der Waals surface area contributed by atoms with Crippen molar-refractivity contribution in [1.29, 1.82) is 0 Å². The molecule has 4 nitrogen and oxygen atoms in total. The van der Waals surface area contributed by atoms with Crippen LogP contribution in [0.1, 0.15) is 11.7 Å². The van der Waals surface area contributed by atoms with Crippen LogP contribution in [0.25, 0.3) is 0 Å². The Kier molecular flexibility index (Phi) is 4.36. The van der Waals surface area contributed by atoms with Gasteiger partial charge in [-0.15, -0.1) is 0 Å². The van der Waals surface area contributed by atoms with Crippen LogP contribution in [0.2, 0.25) is 0 Å². The summed E-state index contributed by atoms with van der Waals surface area (Å²) >= 11 is 0. The highest BCUT2D eigenvalue weighted by Crippen LogP contribution is 2.29. The predicted octanol–water partition coefficient (Wildman–Crippen LogP) is 1.03. The number of morpholine rings is 1. The molecule has 2 N–H and O–H groups in total. The van der Waals surface area contributed by atoms with Crippen molar-refractivity contribution in [3.63, 3.8) is 0 Å². The molecule has 17 heavy (non-hydrogen) atoms. The Morgan fingerprint density at radius 3 is 3.06 bits per heavy atom. The maximum absolute atomic E-state index is 5.82. The third kappa shape index (κ3) is 2.97. The molecule has 0 bridgehead atoms. The Bertz CT molecular complexity index is 355. The van der Waals surface area contributed by atoms with E-state index < -0.39 is 0 Å². The number of nitrogens with two attached hydrogens (primary N) is 1. The molecule has 1 aliphatic heterocycles. The van der Waals surface area contributed by atoms with Crippen molar-refractivity contribution in [2.75, 3.05) is 39.9 Å². The fourth-order valence-corrected chi connectivity index (χ4v) is 2.21. The smallest absolute Gasteiger partial charge is 0.124 e. The number of ether oxygens (including phenoxy) is 2. The Balaban J connectivity index is 2.10. The maximum atomic E-state index is 5.82. The summed E-state index contributed by atoms with van der Waals surface area (Å²) in [6.07, 6.45) is 0.0893. The van der Waals surface area contributed by atoms with E-state index in [2.05, 4.69) is 11.0 Å². The van der Waals surface area contributed by atoms with Crippen molar-refractivity contribution < 1.29 is 9.47 Å². The van der Waals surface area contributed by atoms with E-state index in [-0.39, 0.29) is 6.10 Å².